The van der Waals surface area contributed by atoms with Gasteiger partial charge >= 0.3 is 0 Å². The number of likely N-dealkylation sites (N-methyl/N-ethyl adjacent to an activating group) is 1. The molecule has 1 unspecified atom stereocenters. The summed E-state index contributed by atoms with van der Waals surface area (Å²) >= 11 is 0. The van der Waals surface area contributed by atoms with Crippen molar-refractivity contribution < 1.29 is 5.11 Å². The average molecular weight is 211 g/mol. The van der Waals surface area contributed by atoms with Crippen LogP contribution in [0.2, 0.25) is 0 Å². The Morgan fingerprint density at radius 2 is 1.73 bits per heavy atom. The first-order valence-corrected chi connectivity index (χ1v) is 6.55. The third-order valence-electron chi connectivity index (χ3n) is 4.25. The predicted octanol–water partition coefficient (Wildman–Crippen LogP) is 2.27. The van der Waals surface area contributed by atoms with E-state index in [-0.39, 0.29) is 6.10 Å². The molecular weight excluding hydrogens is 186 g/mol. The van der Waals surface area contributed by atoms with Crippen molar-refractivity contribution in [1.29, 1.82) is 0 Å². The molecule has 2 fully saturated rings. The van der Waals surface area contributed by atoms with Gasteiger partial charge in [-0.3, -0.25) is 0 Å². The fourth-order valence-electron chi connectivity index (χ4n) is 2.76. The second kappa shape index (κ2) is 4.84. The zero-order chi connectivity index (χ0) is 10.8. The summed E-state index contributed by atoms with van der Waals surface area (Å²) in [5.41, 5.74) is 0. The molecule has 2 heteroatoms. The molecule has 2 aliphatic carbocycles. The van der Waals surface area contributed by atoms with Crippen LogP contribution in [0, 0.1) is 11.8 Å². The first-order chi connectivity index (χ1) is 7.16. The highest BCUT2D eigenvalue weighted by Crippen LogP contribution is 2.33. The summed E-state index contributed by atoms with van der Waals surface area (Å²) in [6.07, 6.45) is 7.83. The molecule has 0 saturated heterocycles. The zero-order valence-electron chi connectivity index (χ0n) is 10.2. The van der Waals surface area contributed by atoms with E-state index in [1.54, 1.807) is 0 Å². The minimum atomic E-state index is -0.0608. The molecule has 2 aliphatic rings. The van der Waals surface area contributed by atoms with Crippen LogP contribution in [0.1, 0.15) is 45.4 Å². The van der Waals surface area contributed by atoms with E-state index in [1.165, 1.54) is 38.5 Å². The number of hydrogen-bond acceptors (Lipinski definition) is 2. The van der Waals surface area contributed by atoms with E-state index in [0.29, 0.717) is 5.92 Å². The molecule has 0 radical (unpaired) electrons. The van der Waals surface area contributed by atoms with Crippen molar-refractivity contribution in [1.82, 2.24) is 4.90 Å². The lowest BCUT2D eigenvalue weighted by atomic mass is 9.86. The molecule has 2 nitrogen and oxygen atoms in total. The first kappa shape index (κ1) is 11.4. The van der Waals surface area contributed by atoms with Crippen LogP contribution in [0.25, 0.3) is 0 Å². The van der Waals surface area contributed by atoms with Gasteiger partial charge in [0.05, 0.1) is 6.10 Å². The van der Waals surface area contributed by atoms with Crippen molar-refractivity contribution >= 4 is 0 Å². The van der Waals surface area contributed by atoms with Crippen molar-refractivity contribution in [3.63, 3.8) is 0 Å². The fraction of sp³-hybridized carbons (Fsp3) is 1.00. The highest BCUT2D eigenvalue weighted by Gasteiger charge is 2.32. The Kier molecular flexibility index (Phi) is 3.68. The van der Waals surface area contributed by atoms with E-state index in [2.05, 4.69) is 18.9 Å². The largest absolute Gasteiger partial charge is 0.392 e. The topological polar surface area (TPSA) is 23.5 Å². The van der Waals surface area contributed by atoms with Crippen molar-refractivity contribution in [3.05, 3.63) is 0 Å². The van der Waals surface area contributed by atoms with Gasteiger partial charge in [0.15, 0.2) is 0 Å². The van der Waals surface area contributed by atoms with Gasteiger partial charge in [-0.1, -0.05) is 6.92 Å². The van der Waals surface area contributed by atoms with E-state index in [4.69, 9.17) is 0 Å². The molecule has 88 valence electrons. The summed E-state index contributed by atoms with van der Waals surface area (Å²) in [5, 5.41) is 9.90. The van der Waals surface area contributed by atoms with Gasteiger partial charge in [-0.25, -0.2) is 0 Å². The highest BCUT2D eigenvalue weighted by atomic mass is 16.3. The molecule has 0 bridgehead atoms. The summed E-state index contributed by atoms with van der Waals surface area (Å²) in [6, 6.07) is 0.731. The van der Waals surface area contributed by atoms with E-state index in [1.807, 2.05) is 0 Å². The minimum absolute atomic E-state index is 0.0608. The summed E-state index contributed by atoms with van der Waals surface area (Å²) in [7, 11) is 2.19. The molecule has 1 atom stereocenters. The SMILES string of the molecule is CC1CCC(N(C)CC(O)C2CC2)CC1. The number of aliphatic hydroxyl groups excluding tert-OH is 1. The smallest absolute Gasteiger partial charge is 0.0695 e. The Labute approximate surface area is 93.7 Å². The van der Waals surface area contributed by atoms with Crippen LogP contribution < -0.4 is 0 Å². The van der Waals surface area contributed by atoms with E-state index in [0.717, 1.165) is 18.5 Å². The number of hydrogen-bond donors (Lipinski definition) is 1. The number of aliphatic hydroxyl groups is 1. The van der Waals surface area contributed by atoms with E-state index in [9.17, 15) is 5.11 Å². The molecule has 15 heavy (non-hydrogen) atoms. The molecule has 1 N–H and O–H groups in total. The van der Waals surface area contributed by atoms with E-state index >= 15 is 0 Å². The molecular formula is C13H25NO. The van der Waals surface area contributed by atoms with Gasteiger partial charge in [-0.05, 0) is 57.4 Å². The van der Waals surface area contributed by atoms with Crippen LogP contribution in [0.15, 0.2) is 0 Å². The van der Waals surface area contributed by atoms with E-state index < -0.39 is 0 Å². The summed E-state index contributed by atoms with van der Waals surface area (Å²) < 4.78 is 0. The molecule has 0 heterocycles. The Balaban J connectivity index is 1.72. The summed E-state index contributed by atoms with van der Waals surface area (Å²) in [5.74, 6) is 1.54. The van der Waals surface area contributed by atoms with Crippen LogP contribution in [-0.4, -0.2) is 35.7 Å². The van der Waals surface area contributed by atoms with Gasteiger partial charge < -0.3 is 10.0 Å². The van der Waals surface area contributed by atoms with Crippen LogP contribution in [0.3, 0.4) is 0 Å². The van der Waals surface area contributed by atoms with Gasteiger partial charge in [0.25, 0.3) is 0 Å². The molecule has 0 amide bonds. The third-order valence-corrected chi connectivity index (χ3v) is 4.25. The maximum absolute atomic E-state index is 9.90. The van der Waals surface area contributed by atoms with Crippen molar-refractivity contribution in [2.45, 2.75) is 57.6 Å². The number of rotatable bonds is 4. The summed E-state index contributed by atoms with van der Waals surface area (Å²) in [4.78, 5) is 2.40. The van der Waals surface area contributed by atoms with Gasteiger partial charge in [0, 0.05) is 12.6 Å². The molecule has 0 aromatic carbocycles. The van der Waals surface area contributed by atoms with Gasteiger partial charge in [-0.15, -0.1) is 0 Å². The van der Waals surface area contributed by atoms with Crippen molar-refractivity contribution in [2.24, 2.45) is 11.8 Å². The lowest BCUT2D eigenvalue weighted by molar-refractivity contribution is 0.0728. The highest BCUT2D eigenvalue weighted by molar-refractivity contribution is 4.85. The molecule has 0 spiro atoms. The molecule has 2 saturated carbocycles. The monoisotopic (exact) mass is 211 g/mol. The maximum atomic E-state index is 9.90. The van der Waals surface area contributed by atoms with Crippen molar-refractivity contribution in [2.75, 3.05) is 13.6 Å². The second-order valence-electron chi connectivity index (χ2n) is 5.76. The second-order valence-corrected chi connectivity index (χ2v) is 5.76. The van der Waals surface area contributed by atoms with Crippen LogP contribution in [-0.2, 0) is 0 Å². The minimum Gasteiger partial charge on any atom is -0.392 e. The fourth-order valence-corrected chi connectivity index (χ4v) is 2.76. The van der Waals surface area contributed by atoms with Crippen LogP contribution >= 0.6 is 0 Å². The normalized spacial score (nSPS) is 34.4. The standard InChI is InChI=1S/C13H25NO/c1-10-3-7-12(8-4-10)14(2)9-13(15)11-5-6-11/h10-13,15H,3-9H2,1-2H3. The van der Waals surface area contributed by atoms with Crippen LogP contribution in [0.5, 0.6) is 0 Å². The van der Waals surface area contributed by atoms with Crippen molar-refractivity contribution in [3.8, 4) is 0 Å². The Morgan fingerprint density at radius 3 is 2.27 bits per heavy atom. The Hall–Kier alpha value is -0.0800. The lowest BCUT2D eigenvalue weighted by Crippen LogP contribution is -2.40. The van der Waals surface area contributed by atoms with Gasteiger partial charge in [-0.2, -0.15) is 0 Å². The molecule has 0 aliphatic heterocycles. The molecule has 2 rings (SSSR count). The van der Waals surface area contributed by atoms with Gasteiger partial charge in [0.1, 0.15) is 0 Å². The molecule has 0 aromatic rings. The first-order valence-electron chi connectivity index (χ1n) is 6.55. The predicted molar refractivity (Wildman–Crippen MR) is 62.8 cm³/mol. The van der Waals surface area contributed by atoms with Gasteiger partial charge in [0.2, 0.25) is 0 Å². The third kappa shape index (κ3) is 3.18. The Morgan fingerprint density at radius 1 is 1.13 bits per heavy atom. The van der Waals surface area contributed by atoms with Crippen LogP contribution in [0.4, 0.5) is 0 Å². The summed E-state index contributed by atoms with van der Waals surface area (Å²) in [6.45, 7) is 3.25. The maximum Gasteiger partial charge on any atom is 0.0695 e. The zero-order valence-corrected chi connectivity index (χ0v) is 10.2. The number of nitrogens with zero attached hydrogens (tertiary/aromatic N) is 1. The Bertz CT molecular complexity index is 195. The quantitative estimate of drug-likeness (QED) is 0.771. The average Bonchev–Trinajstić information content (AvgIpc) is 3.01. The lowest BCUT2D eigenvalue weighted by Gasteiger charge is -2.34. The molecule has 0 aromatic heterocycles.